The van der Waals surface area contributed by atoms with Crippen LogP contribution in [-0.4, -0.2) is 6.29 Å². The van der Waals surface area contributed by atoms with Crippen LogP contribution in [0.5, 0.6) is 0 Å². The van der Waals surface area contributed by atoms with E-state index >= 15 is 0 Å². The van der Waals surface area contributed by atoms with Crippen LogP contribution in [0.15, 0.2) is 24.3 Å². The molecule has 0 heterocycles. The first kappa shape index (κ1) is 20.1. The second-order valence-electron chi connectivity index (χ2n) is 5.97. The second kappa shape index (κ2) is 17.2. The molecular weight excluding hydrogens is 256 g/mol. The zero-order valence-electron chi connectivity index (χ0n) is 14.4. The highest BCUT2D eigenvalue weighted by atomic mass is 16.1. The van der Waals surface area contributed by atoms with Gasteiger partial charge in [-0.15, -0.1) is 0 Å². The number of carbonyl (C=O) groups is 1. The summed E-state index contributed by atoms with van der Waals surface area (Å²) in [7, 11) is 0. The molecule has 1 nitrogen and oxygen atoms in total. The molecule has 21 heavy (non-hydrogen) atoms. The van der Waals surface area contributed by atoms with Gasteiger partial charge in [-0.25, -0.2) is 0 Å². The van der Waals surface area contributed by atoms with E-state index < -0.39 is 0 Å². The highest BCUT2D eigenvalue weighted by molar-refractivity contribution is 5.53. The first-order chi connectivity index (χ1) is 10.3. The van der Waals surface area contributed by atoms with Gasteiger partial charge in [-0.2, -0.15) is 0 Å². The average Bonchev–Trinajstić information content (AvgIpc) is 2.51. The van der Waals surface area contributed by atoms with Crippen LogP contribution in [0.1, 0.15) is 90.9 Å². The maximum Gasteiger partial charge on any atom is 0.123 e. The van der Waals surface area contributed by atoms with Gasteiger partial charge >= 0.3 is 0 Å². The van der Waals surface area contributed by atoms with Crippen molar-refractivity contribution in [3.8, 4) is 0 Å². The van der Waals surface area contributed by atoms with Crippen LogP contribution in [-0.2, 0) is 4.79 Å². The lowest BCUT2D eigenvalue weighted by Gasteiger charge is -2.05. The molecule has 0 aliphatic heterocycles. The monoisotopic (exact) mass is 292 g/mol. The third-order valence-corrected chi connectivity index (χ3v) is 3.99. The summed E-state index contributed by atoms with van der Waals surface area (Å²) in [6.07, 6.45) is 25.0. The van der Waals surface area contributed by atoms with E-state index in [1.165, 1.54) is 57.8 Å². The minimum Gasteiger partial charge on any atom is -0.303 e. The molecule has 0 bridgehead atoms. The number of aldehydes is 1. The highest BCUT2D eigenvalue weighted by Crippen LogP contribution is 2.12. The molecule has 1 atom stereocenters. The molecule has 0 aliphatic rings. The van der Waals surface area contributed by atoms with E-state index in [2.05, 4.69) is 38.2 Å². The third-order valence-electron chi connectivity index (χ3n) is 3.99. The van der Waals surface area contributed by atoms with Crippen molar-refractivity contribution in [1.29, 1.82) is 0 Å². The van der Waals surface area contributed by atoms with Gasteiger partial charge in [0.25, 0.3) is 0 Å². The average molecular weight is 293 g/mol. The number of hydrogen-bond donors (Lipinski definition) is 0. The molecule has 0 radical (unpaired) electrons. The Labute approximate surface area is 132 Å². The topological polar surface area (TPSA) is 17.1 Å². The Bertz CT molecular complexity index is 265. The maximum absolute atomic E-state index is 10.7. The molecule has 1 heteroatoms. The summed E-state index contributed by atoms with van der Waals surface area (Å²) in [5, 5.41) is 0. The highest BCUT2D eigenvalue weighted by Gasteiger charge is 2.02. The predicted molar refractivity (Wildman–Crippen MR) is 94.6 cm³/mol. The second-order valence-corrected chi connectivity index (χ2v) is 5.97. The van der Waals surface area contributed by atoms with Crippen LogP contribution >= 0.6 is 0 Å². The SMILES string of the molecule is CCCCC/C=C\C/C=C\CCCCCCC(C=O)CC. The van der Waals surface area contributed by atoms with E-state index in [-0.39, 0.29) is 0 Å². The zero-order valence-corrected chi connectivity index (χ0v) is 14.4. The van der Waals surface area contributed by atoms with Gasteiger partial charge in [-0.3, -0.25) is 0 Å². The van der Waals surface area contributed by atoms with E-state index in [9.17, 15) is 4.79 Å². The van der Waals surface area contributed by atoms with Crippen LogP contribution in [0.25, 0.3) is 0 Å². The van der Waals surface area contributed by atoms with Gasteiger partial charge < -0.3 is 4.79 Å². The van der Waals surface area contributed by atoms with Gasteiger partial charge in [0.1, 0.15) is 6.29 Å². The van der Waals surface area contributed by atoms with Crippen molar-refractivity contribution in [2.75, 3.05) is 0 Å². The van der Waals surface area contributed by atoms with Gasteiger partial charge in [-0.05, 0) is 44.9 Å². The minimum atomic E-state index is 0.300. The molecule has 0 spiro atoms. The molecule has 0 aliphatic carbocycles. The van der Waals surface area contributed by atoms with E-state index in [4.69, 9.17) is 0 Å². The fourth-order valence-electron chi connectivity index (χ4n) is 2.41. The summed E-state index contributed by atoms with van der Waals surface area (Å²) in [6, 6.07) is 0. The fraction of sp³-hybridized carbons (Fsp3) is 0.750. The summed E-state index contributed by atoms with van der Waals surface area (Å²) in [6.45, 7) is 4.35. The Hall–Kier alpha value is -0.850. The van der Waals surface area contributed by atoms with Crippen molar-refractivity contribution in [2.45, 2.75) is 90.9 Å². The molecule has 0 fully saturated rings. The number of allylic oxidation sites excluding steroid dienone is 4. The first-order valence-electron chi connectivity index (χ1n) is 9.10. The van der Waals surface area contributed by atoms with E-state index in [0.29, 0.717) is 5.92 Å². The number of carbonyl (C=O) groups excluding carboxylic acids is 1. The van der Waals surface area contributed by atoms with Gasteiger partial charge in [0.2, 0.25) is 0 Å². The van der Waals surface area contributed by atoms with Gasteiger partial charge in [0.15, 0.2) is 0 Å². The molecular formula is C20H36O. The molecule has 0 amide bonds. The smallest absolute Gasteiger partial charge is 0.123 e. The first-order valence-corrected chi connectivity index (χ1v) is 9.10. The lowest BCUT2D eigenvalue weighted by molar-refractivity contribution is -0.111. The molecule has 0 saturated carbocycles. The van der Waals surface area contributed by atoms with Crippen molar-refractivity contribution in [2.24, 2.45) is 5.92 Å². The fourth-order valence-corrected chi connectivity index (χ4v) is 2.41. The Morgan fingerprint density at radius 3 is 1.95 bits per heavy atom. The van der Waals surface area contributed by atoms with Gasteiger partial charge in [-0.1, -0.05) is 70.3 Å². The molecule has 122 valence electrons. The van der Waals surface area contributed by atoms with Crippen LogP contribution in [0.2, 0.25) is 0 Å². The lowest BCUT2D eigenvalue weighted by Crippen LogP contribution is -1.99. The normalized spacial score (nSPS) is 13.2. The standard InChI is InChI=1S/C20H36O/c1-3-5-6-7-8-9-10-11-12-13-14-15-16-17-18-20(4-2)19-21/h8-9,11-12,19-20H,3-7,10,13-18H2,1-2H3/b9-8-,12-11-. The Morgan fingerprint density at radius 2 is 1.38 bits per heavy atom. The van der Waals surface area contributed by atoms with E-state index in [0.717, 1.165) is 25.5 Å². The molecule has 0 aromatic carbocycles. The quantitative estimate of drug-likeness (QED) is 0.188. The van der Waals surface area contributed by atoms with Gasteiger partial charge in [0, 0.05) is 5.92 Å². The Kier molecular flexibility index (Phi) is 16.5. The zero-order chi connectivity index (χ0) is 15.6. The number of hydrogen-bond acceptors (Lipinski definition) is 1. The number of rotatable bonds is 15. The molecule has 0 rings (SSSR count). The summed E-state index contributed by atoms with van der Waals surface area (Å²) in [5.41, 5.74) is 0. The maximum atomic E-state index is 10.7. The van der Waals surface area contributed by atoms with Crippen LogP contribution in [0.4, 0.5) is 0 Å². The van der Waals surface area contributed by atoms with Crippen molar-refractivity contribution < 1.29 is 4.79 Å². The van der Waals surface area contributed by atoms with Crippen molar-refractivity contribution in [1.82, 2.24) is 0 Å². The molecule has 1 unspecified atom stereocenters. The molecule has 0 N–H and O–H groups in total. The number of unbranched alkanes of at least 4 members (excludes halogenated alkanes) is 7. The summed E-state index contributed by atoms with van der Waals surface area (Å²) < 4.78 is 0. The largest absolute Gasteiger partial charge is 0.303 e. The molecule has 0 aromatic rings. The summed E-state index contributed by atoms with van der Waals surface area (Å²) >= 11 is 0. The van der Waals surface area contributed by atoms with Crippen molar-refractivity contribution in [3.63, 3.8) is 0 Å². The van der Waals surface area contributed by atoms with Crippen molar-refractivity contribution >= 4 is 6.29 Å². The Balaban J connectivity index is 3.27. The summed E-state index contributed by atoms with van der Waals surface area (Å²) in [4.78, 5) is 10.7. The summed E-state index contributed by atoms with van der Waals surface area (Å²) in [5.74, 6) is 0.300. The van der Waals surface area contributed by atoms with Crippen LogP contribution in [0.3, 0.4) is 0 Å². The third kappa shape index (κ3) is 15.4. The molecule has 0 aromatic heterocycles. The predicted octanol–water partition coefficient (Wildman–Crippen LogP) is 6.63. The Morgan fingerprint density at radius 1 is 0.762 bits per heavy atom. The van der Waals surface area contributed by atoms with Crippen molar-refractivity contribution in [3.05, 3.63) is 24.3 Å². The van der Waals surface area contributed by atoms with E-state index in [1.54, 1.807) is 0 Å². The van der Waals surface area contributed by atoms with Crippen LogP contribution in [0, 0.1) is 5.92 Å². The molecule has 0 saturated heterocycles. The van der Waals surface area contributed by atoms with Crippen LogP contribution < -0.4 is 0 Å². The van der Waals surface area contributed by atoms with E-state index in [1.807, 2.05) is 0 Å². The minimum absolute atomic E-state index is 0.300. The van der Waals surface area contributed by atoms with Gasteiger partial charge in [0.05, 0.1) is 0 Å². The lowest BCUT2D eigenvalue weighted by atomic mass is 9.99.